The Morgan fingerprint density at radius 1 is 1.41 bits per heavy atom. The summed E-state index contributed by atoms with van der Waals surface area (Å²) in [4.78, 5) is 10.5. The normalized spacial score (nSPS) is 10.5. The van der Waals surface area contributed by atoms with Crippen LogP contribution in [0.2, 0.25) is 0 Å². The molecule has 0 amide bonds. The van der Waals surface area contributed by atoms with Crippen molar-refractivity contribution in [1.29, 1.82) is 0 Å². The molecule has 0 unspecified atom stereocenters. The third-order valence-electron chi connectivity index (χ3n) is 2.61. The van der Waals surface area contributed by atoms with Gasteiger partial charge in [-0.2, -0.15) is 0 Å². The first-order valence-corrected chi connectivity index (χ1v) is 6.12. The molecule has 0 spiro atoms. The molecule has 3 heteroatoms. The number of aliphatic carboxylic acids is 1. The number of carboxylic acids is 1. The molecule has 3 nitrogen and oxygen atoms in total. The minimum Gasteiger partial charge on any atom is -0.481 e. The van der Waals surface area contributed by atoms with Crippen molar-refractivity contribution in [3.63, 3.8) is 0 Å². The summed E-state index contributed by atoms with van der Waals surface area (Å²) in [6.45, 7) is 5.36. The van der Waals surface area contributed by atoms with Crippen molar-refractivity contribution in [2.45, 2.75) is 33.1 Å². The summed E-state index contributed by atoms with van der Waals surface area (Å²) < 4.78 is 0. The molecule has 1 aromatic carbocycles. The first kappa shape index (κ1) is 13.6. The second kappa shape index (κ2) is 6.94. The Morgan fingerprint density at radius 2 is 2.18 bits per heavy atom. The fourth-order valence-electron chi connectivity index (χ4n) is 1.59. The molecule has 0 bridgehead atoms. The third-order valence-corrected chi connectivity index (χ3v) is 2.61. The maximum atomic E-state index is 10.5. The minimum absolute atomic E-state index is 0.190. The van der Waals surface area contributed by atoms with Gasteiger partial charge in [-0.3, -0.25) is 4.79 Å². The van der Waals surface area contributed by atoms with Crippen molar-refractivity contribution >= 4 is 11.7 Å². The predicted molar refractivity (Wildman–Crippen MR) is 70.3 cm³/mol. The number of carboxylic acid groups (broad SMARTS) is 1. The molecule has 0 saturated carbocycles. The van der Waals surface area contributed by atoms with Crippen LogP contribution in [0.5, 0.6) is 0 Å². The summed E-state index contributed by atoms with van der Waals surface area (Å²) in [6.07, 6.45) is 1.92. The molecule has 0 radical (unpaired) electrons. The van der Waals surface area contributed by atoms with Crippen LogP contribution in [0.4, 0.5) is 5.69 Å². The van der Waals surface area contributed by atoms with E-state index in [2.05, 4.69) is 19.2 Å². The van der Waals surface area contributed by atoms with Crippen LogP contribution in [0.25, 0.3) is 0 Å². The van der Waals surface area contributed by atoms with Gasteiger partial charge in [0.15, 0.2) is 0 Å². The summed E-state index contributed by atoms with van der Waals surface area (Å²) in [5, 5.41) is 12.0. The Hall–Kier alpha value is -1.51. The number of hydrogen-bond acceptors (Lipinski definition) is 2. The van der Waals surface area contributed by atoms with Gasteiger partial charge in [-0.25, -0.2) is 0 Å². The third kappa shape index (κ3) is 5.95. The summed E-state index contributed by atoms with van der Waals surface area (Å²) in [7, 11) is 0. The highest BCUT2D eigenvalue weighted by molar-refractivity contribution is 5.67. The smallest absolute Gasteiger partial charge is 0.303 e. The zero-order valence-electron chi connectivity index (χ0n) is 10.6. The average molecular weight is 235 g/mol. The van der Waals surface area contributed by atoms with Crippen molar-refractivity contribution < 1.29 is 9.90 Å². The van der Waals surface area contributed by atoms with E-state index < -0.39 is 5.97 Å². The van der Waals surface area contributed by atoms with E-state index >= 15 is 0 Å². The van der Waals surface area contributed by atoms with Crippen molar-refractivity contribution in [3.8, 4) is 0 Å². The van der Waals surface area contributed by atoms with Crippen LogP contribution in [-0.2, 0) is 11.2 Å². The van der Waals surface area contributed by atoms with Crippen LogP contribution >= 0.6 is 0 Å². The number of nitrogens with one attached hydrogen (secondary N) is 1. The van der Waals surface area contributed by atoms with Gasteiger partial charge < -0.3 is 10.4 Å². The number of rotatable bonds is 7. The summed E-state index contributed by atoms with van der Waals surface area (Å²) in [5.41, 5.74) is 2.15. The van der Waals surface area contributed by atoms with Gasteiger partial charge >= 0.3 is 5.97 Å². The average Bonchev–Trinajstić information content (AvgIpc) is 2.26. The summed E-state index contributed by atoms with van der Waals surface area (Å²) in [6, 6.07) is 7.99. The highest BCUT2D eigenvalue weighted by Crippen LogP contribution is 2.13. The van der Waals surface area contributed by atoms with Crippen LogP contribution in [-0.4, -0.2) is 17.6 Å². The Morgan fingerprint density at radius 3 is 2.82 bits per heavy atom. The topological polar surface area (TPSA) is 49.3 Å². The molecule has 0 saturated heterocycles. The minimum atomic E-state index is -0.747. The van der Waals surface area contributed by atoms with E-state index in [9.17, 15) is 4.79 Å². The second-order valence-corrected chi connectivity index (χ2v) is 4.70. The maximum absolute atomic E-state index is 10.5. The lowest BCUT2D eigenvalue weighted by Crippen LogP contribution is -2.05. The highest BCUT2D eigenvalue weighted by Gasteiger charge is 2.00. The lowest BCUT2D eigenvalue weighted by atomic mass is 10.1. The monoisotopic (exact) mass is 235 g/mol. The lowest BCUT2D eigenvalue weighted by Gasteiger charge is -2.09. The van der Waals surface area contributed by atoms with Gasteiger partial charge in [-0.15, -0.1) is 0 Å². The van der Waals surface area contributed by atoms with Gasteiger partial charge in [0.05, 0.1) is 0 Å². The van der Waals surface area contributed by atoms with E-state index in [1.807, 2.05) is 24.3 Å². The van der Waals surface area contributed by atoms with Gasteiger partial charge in [0, 0.05) is 18.7 Å². The summed E-state index contributed by atoms with van der Waals surface area (Å²) in [5.74, 6) is -0.0548. The Labute approximate surface area is 103 Å². The standard InChI is InChI=1S/C14H21NO2/c1-11(2)8-9-15-13-5-3-4-12(10-13)6-7-14(16)17/h3-5,10-11,15H,6-9H2,1-2H3,(H,16,17). The SMILES string of the molecule is CC(C)CCNc1cccc(CCC(=O)O)c1. The number of anilines is 1. The molecular weight excluding hydrogens is 214 g/mol. The van der Waals surface area contributed by atoms with E-state index in [1.54, 1.807) is 0 Å². The van der Waals surface area contributed by atoms with Crippen LogP contribution in [0, 0.1) is 5.92 Å². The summed E-state index contributed by atoms with van der Waals surface area (Å²) >= 11 is 0. The van der Waals surface area contributed by atoms with Crippen molar-refractivity contribution in [2.75, 3.05) is 11.9 Å². The molecule has 17 heavy (non-hydrogen) atoms. The second-order valence-electron chi connectivity index (χ2n) is 4.70. The van der Waals surface area contributed by atoms with E-state index in [-0.39, 0.29) is 6.42 Å². The Kier molecular flexibility index (Phi) is 5.53. The molecule has 0 aromatic heterocycles. The quantitative estimate of drug-likeness (QED) is 0.763. The van der Waals surface area contributed by atoms with E-state index in [1.165, 1.54) is 0 Å². The number of hydrogen-bond donors (Lipinski definition) is 2. The molecule has 0 atom stereocenters. The van der Waals surface area contributed by atoms with Crippen LogP contribution < -0.4 is 5.32 Å². The zero-order valence-corrected chi connectivity index (χ0v) is 10.6. The van der Waals surface area contributed by atoms with E-state index in [0.29, 0.717) is 12.3 Å². The Bertz CT molecular complexity index is 361. The van der Waals surface area contributed by atoms with Gasteiger partial charge in [-0.05, 0) is 36.5 Å². The molecular formula is C14H21NO2. The predicted octanol–water partition coefficient (Wildman–Crippen LogP) is 3.16. The number of carbonyl (C=O) groups is 1. The zero-order chi connectivity index (χ0) is 12.7. The largest absolute Gasteiger partial charge is 0.481 e. The molecule has 0 aliphatic carbocycles. The van der Waals surface area contributed by atoms with Crippen LogP contribution in [0.3, 0.4) is 0 Å². The maximum Gasteiger partial charge on any atom is 0.303 e. The molecule has 0 fully saturated rings. The molecule has 0 heterocycles. The van der Waals surface area contributed by atoms with Crippen molar-refractivity contribution in [3.05, 3.63) is 29.8 Å². The van der Waals surface area contributed by atoms with E-state index in [4.69, 9.17) is 5.11 Å². The van der Waals surface area contributed by atoms with E-state index in [0.717, 1.165) is 24.2 Å². The van der Waals surface area contributed by atoms with Crippen LogP contribution in [0.1, 0.15) is 32.3 Å². The van der Waals surface area contributed by atoms with Gasteiger partial charge in [-0.1, -0.05) is 26.0 Å². The first-order chi connectivity index (χ1) is 8.08. The number of benzene rings is 1. The van der Waals surface area contributed by atoms with Gasteiger partial charge in [0.1, 0.15) is 0 Å². The fraction of sp³-hybridized carbons (Fsp3) is 0.500. The molecule has 0 aliphatic rings. The lowest BCUT2D eigenvalue weighted by molar-refractivity contribution is -0.136. The Balaban J connectivity index is 2.45. The van der Waals surface area contributed by atoms with Gasteiger partial charge in [0.25, 0.3) is 0 Å². The van der Waals surface area contributed by atoms with Crippen molar-refractivity contribution in [1.82, 2.24) is 0 Å². The van der Waals surface area contributed by atoms with Crippen molar-refractivity contribution in [2.24, 2.45) is 5.92 Å². The highest BCUT2D eigenvalue weighted by atomic mass is 16.4. The molecule has 1 aromatic rings. The van der Waals surface area contributed by atoms with Crippen LogP contribution in [0.15, 0.2) is 24.3 Å². The number of aryl methyl sites for hydroxylation is 1. The first-order valence-electron chi connectivity index (χ1n) is 6.12. The molecule has 94 valence electrons. The molecule has 0 aliphatic heterocycles. The molecule has 2 N–H and O–H groups in total. The molecule has 1 rings (SSSR count). The fourth-order valence-corrected chi connectivity index (χ4v) is 1.59. The van der Waals surface area contributed by atoms with Gasteiger partial charge in [0.2, 0.25) is 0 Å².